The molecule has 1 saturated heterocycles. The largest absolute Gasteiger partial charge is 0.377 e. The van der Waals surface area contributed by atoms with Crippen molar-refractivity contribution in [2.45, 2.75) is 77.2 Å². The first-order chi connectivity index (χ1) is 14.5. The standard InChI is InChI=1S/C23H31N3O4/c1-15-9-11-18-19(13-15)23(28)25(22(18)27)17-10-12-20(21(14-17)26(29)30)24-16-7-5-3-2-4-6-8-16/h10,12,14-16,18-19,24H,2-9,11,13H2,1H3. The van der Waals surface area contributed by atoms with Gasteiger partial charge in [-0.1, -0.05) is 39.0 Å². The second-order valence-electron chi connectivity index (χ2n) is 9.29. The van der Waals surface area contributed by atoms with Crippen LogP contribution < -0.4 is 10.2 Å². The quantitative estimate of drug-likeness (QED) is 0.424. The number of imide groups is 1. The van der Waals surface area contributed by atoms with E-state index in [2.05, 4.69) is 12.2 Å². The lowest BCUT2D eigenvalue weighted by Crippen LogP contribution is -2.31. The predicted octanol–water partition coefficient (Wildman–Crippen LogP) is 5.05. The summed E-state index contributed by atoms with van der Waals surface area (Å²) in [6, 6.07) is 4.95. The van der Waals surface area contributed by atoms with Crippen LogP contribution in [0.1, 0.15) is 71.1 Å². The average Bonchev–Trinajstić information content (AvgIpc) is 2.94. The molecule has 7 nitrogen and oxygen atoms in total. The fraction of sp³-hybridized carbons (Fsp3) is 0.652. The Balaban J connectivity index is 1.58. The van der Waals surface area contributed by atoms with Crippen molar-refractivity contribution in [1.29, 1.82) is 0 Å². The summed E-state index contributed by atoms with van der Waals surface area (Å²) in [7, 11) is 0. The molecular weight excluding hydrogens is 382 g/mol. The highest BCUT2D eigenvalue weighted by Crippen LogP contribution is 2.43. The molecular formula is C23H31N3O4. The second-order valence-corrected chi connectivity index (χ2v) is 9.29. The van der Waals surface area contributed by atoms with Crippen LogP contribution in [0.4, 0.5) is 17.1 Å². The number of nitrogens with zero attached hydrogens (tertiary/aromatic N) is 2. The SMILES string of the molecule is CC1CCC2C(=O)N(c3ccc(NC4CCCCCCC4)c([N+](=O)[O-])c3)C(=O)C2C1. The van der Waals surface area contributed by atoms with Crippen molar-refractivity contribution in [3.05, 3.63) is 28.3 Å². The van der Waals surface area contributed by atoms with Gasteiger partial charge in [0, 0.05) is 12.1 Å². The minimum Gasteiger partial charge on any atom is -0.377 e. The highest BCUT2D eigenvalue weighted by molar-refractivity contribution is 6.22. The maximum Gasteiger partial charge on any atom is 0.294 e. The lowest BCUT2D eigenvalue weighted by Gasteiger charge is -2.25. The summed E-state index contributed by atoms with van der Waals surface area (Å²) in [5.74, 6) is -0.542. The van der Waals surface area contributed by atoms with Gasteiger partial charge in [0.25, 0.3) is 5.69 Å². The van der Waals surface area contributed by atoms with Crippen LogP contribution in [0, 0.1) is 27.9 Å². The first-order valence-electron chi connectivity index (χ1n) is 11.4. The molecule has 1 heterocycles. The molecule has 2 amide bonds. The van der Waals surface area contributed by atoms with E-state index in [0.29, 0.717) is 17.3 Å². The van der Waals surface area contributed by atoms with E-state index in [1.807, 2.05) is 0 Å². The number of nitro groups is 1. The molecule has 2 aliphatic carbocycles. The number of nitro benzene ring substituents is 1. The van der Waals surface area contributed by atoms with Crippen molar-refractivity contribution in [2.75, 3.05) is 10.2 Å². The topological polar surface area (TPSA) is 92.6 Å². The van der Waals surface area contributed by atoms with Crippen LogP contribution in [0.5, 0.6) is 0 Å². The van der Waals surface area contributed by atoms with Gasteiger partial charge in [-0.25, -0.2) is 4.90 Å². The fourth-order valence-electron chi connectivity index (χ4n) is 5.40. The van der Waals surface area contributed by atoms with E-state index in [0.717, 1.165) is 44.9 Å². The Morgan fingerprint density at radius 1 is 0.967 bits per heavy atom. The maximum atomic E-state index is 13.0. The third-order valence-electron chi connectivity index (χ3n) is 7.09. The van der Waals surface area contributed by atoms with E-state index in [-0.39, 0.29) is 35.4 Å². The number of anilines is 2. The van der Waals surface area contributed by atoms with Crippen molar-refractivity contribution in [1.82, 2.24) is 0 Å². The van der Waals surface area contributed by atoms with Crippen molar-refractivity contribution in [2.24, 2.45) is 17.8 Å². The van der Waals surface area contributed by atoms with Gasteiger partial charge in [0.1, 0.15) is 5.69 Å². The van der Waals surface area contributed by atoms with Crippen LogP contribution in [0.2, 0.25) is 0 Å². The van der Waals surface area contributed by atoms with Gasteiger partial charge in [-0.3, -0.25) is 19.7 Å². The molecule has 7 heteroatoms. The zero-order valence-corrected chi connectivity index (χ0v) is 17.6. The lowest BCUT2D eigenvalue weighted by molar-refractivity contribution is -0.383. The minimum absolute atomic E-state index is 0.0709. The number of carbonyl (C=O) groups is 2. The lowest BCUT2D eigenvalue weighted by atomic mass is 9.76. The number of hydrogen-bond acceptors (Lipinski definition) is 5. The Hall–Kier alpha value is -2.44. The molecule has 2 saturated carbocycles. The Labute approximate surface area is 177 Å². The summed E-state index contributed by atoms with van der Waals surface area (Å²) in [4.78, 5) is 38.5. The van der Waals surface area contributed by atoms with Crippen molar-refractivity contribution >= 4 is 28.9 Å². The second kappa shape index (κ2) is 8.74. The molecule has 1 aromatic carbocycles. The molecule has 3 fully saturated rings. The van der Waals surface area contributed by atoms with E-state index >= 15 is 0 Å². The molecule has 30 heavy (non-hydrogen) atoms. The van der Waals surface area contributed by atoms with Crippen LogP contribution in [0.3, 0.4) is 0 Å². The van der Waals surface area contributed by atoms with Gasteiger partial charge >= 0.3 is 0 Å². The highest BCUT2D eigenvalue weighted by atomic mass is 16.6. The number of nitrogens with one attached hydrogen (secondary N) is 1. The van der Waals surface area contributed by atoms with Crippen LogP contribution in [-0.4, -0.2) is 22.8 Å². The van der Waals surface area contributed by atoms with E-state index in [1.165, 1.54) is 30.2 Å². The van der Waals surface area contributed by atoms with Gasteiger partial charge in [-0.15, -0.1) is 0 Å². The molecule has 1 aromatic rings. The summed E-state index contributed by atoms with van der Waals surface area (Å²) in [5.41, 5.74) is 0.722. The molecule has 0 spiro atoms. The first kappa shape index (κ1) is 20.8. The average molecular weight is 414 g/mol. The number of hydrogen-bond donors (Lipinski definition) is 1. The zero-order chi connectivity index (χ0) is 21.3. The smallest absolute Gasteiger partial charge is 0.294 e. The summed E-state index contributed by atoms with van der Waals surface area (Å²) in [6.45, 7) is 2.11. The molecule has 1 N–H and O–H groups in total. The van der Waals surface area contributed by atoms with Crippen molar-refractivity contribution in [3.8, 4) is 0 Å². The Kier molecular flexibility index (Phi) is 6.06. The third-order valence-corrected chi connectivity index (χ3v) is 7.09. The van der Waals surface area contributed by atoms with Crippen LogP contribution >= 0.6 is 0 Å². The summed E-state index contributed by atoms with van der Waals surface area (Å²) in [5, 5.41) is 15.2. The summed E-state index contributed by atoms with van der Waals surface area (Å²) >= 11 is 0. The van der Waals surface area contributed by atoms with Gasteiger partial charge in [0.15, 0.2) is 0 Å². The molecule has 3 unspecified atom stereocenters. The van der Waals surface area contributed by atoms with E-state index in [1.54, 1.807) is 12.1 Å². The normalized spacial score (nSPS) is 28.0. The summed E-state index contributed by atoms with van der Waals surface area (Å²) in [6.07, 6.45) is 10.3. The van der Waals surface area contributed by atoms with E-state index < -0.39 is 4.92 Å². The minimum atomic E-state index is -0.422. The van der Waals surface area contributed by atoms with Crippen molar-refractivity contribution in [3.63, 3.8) is 0 Å². The molecule has 3 atom stereocenters. The number of amides is 2. The Morgan fingerprint density at radius 2 is 1.63 bits per heavy atom. The van der Waals surface area contributed by atoms with E-state index in [4.69, 9.17) is 0 Å². The number of benzene rings is 1. The Bertz CT molecular complexity index is 832. The third kappa shape index (κ3) is 4.07. The van der Waals surface area contributed by atoms with Gasteiger partial charge in [-0.05, 0) is 50.2 Å². The molecule has 0 bridgehead atoms. The fourth-order valence-corrected chi connectivity index (χ4v) is 5.40. The number of carbonyl (C=O) groups excluding carboxylic acids is 2. The number of rotatable bonds is 4. The van der Waals surface area contributed by atoms with Crippen LogP contribution in [0.25, 0.3) is 0 Å². The molecule has 4 rings (SSSR count). The van der Waals surface area contributed by atoms with Gasteiger partial charge < -0.3 is 5.32 Å². The molecule has 0 radical (unpaired) electrons. The molecule has 3 aliphatic rings. The molecule has 162 valence electrons. The zero-order valence-electron chi connectivity index (χ0n) is 17.6. The summed E-state index contributed by atoms with van der Waals surface area (Å²) < 4.78 is 0. The van der Waals surface area contributed by atoms with Gasteiger partial charge in [0.05, 0.1) is 22.4 Å². The van der Waals surface area contributed by atoms with Gasteiger partial charge in [-0.2, -0.15) is 0 Å². The van der Waals surface area contributed by atoms with Crippen LogP contribution in [0.15, 0.2) is 18.2 Å². The predicted molar refractivity (Wildman–Crippen MR) is 115 cm³/mol. The molecule has 0 aromatic heterocycles. The highest BCUT2D eigenvalue weighted by Gasteiger charge is 2.50. The molecule has 1 aliphatic heterocycles. The van der Waals surface area contributed by atoms with E-state index in [9.17, 15) is 19.7 Å². The van der Waals surface area contributed by atoms with Crippen molar-refractivity contribution < 1.29 is 14.5 Å². The van der Waals surface area contributed by atoms with Gasteiger partial charge in [0.2, 0.25) is 11.8 Å². The first-order valence-corrected chi connectivity index (χ1v) is 11.4. The maximum absolute atomic E-state index is 13.0. The van der Waals surface area contributed by atoms with Crippen LogP contribution in [-0.2, 0) is 9.59 Å². The number of fused-ring (bicyclic) bond motifs is 1. The monoisotopic (exact) mass is 413 g/mol. The Morgan fingerprint density at radius 3 is 2.33 bits per heavy atom.